The lowest BCUT2D eigenvalue weighted by atomic mass is 10.2. The molecule has 1 fully saturated rings. The lowest BCUT2D eigenvalue weighted by Crippen LogP contribution is -2.31. The van der Waals surface area contributed by atoms with E-state index in [-0.39, 0.29) is 30.8 Å². The van der Waals surface area contributed by atoms with E-state index in [0.717, 1.165) is 17.7 Å². The van der Waals surface area contributed by atoms with E-state index >= 15 is 0 Å². The van der Waals surface area contributed by atoms with Gasteiger partial charge in [-0.25, -0.2) is 0 Å². The number of hydrogen-bond donors (Lipinski definition) is 0. The number of thiophene rings is 1. The van der Waals surface area contributed by atoms with E-state index in [4.69, 9.17) is 9.15 Å². The second kappa shape index (κ2) is 7.57. The molecule has 8 heteroatoms. The predicted molar refractivity (Wildman–Crippen MR) is 87.2 cm³/mol. The average Bonchev–Trinajstić information content (AvgIpc) is 3.32. The third kappa shape index (κ3) is 3.64. The van der Waals surface area contributed by atoms with Gasteiger partial charge in [0.1, 0.15) is 6.04 Å². The first-order chi connectivity index (χ1) is 11.7. The maximum atomic E-state index is 12.4. The number of amides is 1. The molecule has 1 amide bonds. The summed E-state index contributed by atoms with van der Waals surface area (Å²) in [6.45, 7) is 2.72. The van der Waals surface area contributed by atoms with Crippen LogP contribution in [0.4, 0.5) is 0 Å². The zero-order valence-electron chi connectivity index (χ0n) is 13.4. The number of hydrogen-bond acceptors (Lipinski definition) is 7. The van der Waals surface area contributed by atoms with Gasteiger partial charge in [-0.15, -0.1) is 21.5 Å². The van der Waals surface area contributed by atoms with Gasteiger partial charge in [-0.3, -0.25) is 9.59 Å². The van der Waals surface area contributed by atoms with Crippen LogP contribution in [0.3, 0.4) is 0 Å². The van der Waals surface area contributed by atoms with Crippen LogP contribution in [0.1, 0.15) is 44.5 Å². The van der Waals surface area contributed by atoms with Crippen molar-refractivity contribution >= 4 is 23.2 Å². The number of likely N-dealkylation sites (tertiary alicyclic amines) is 1. The fraction of sp³-hybridized carbons (Fsp3) is 0.500. The van der Waals surface area contributed by atoms with Crippen LogP contribution >= 0.6 is 11.3 Å². The maximum Gasteiger partial charge on any atom is 0.306 e. The lowest BCUT2D eigenvalue weighted by molar-refractivity contribution is -0.146. The molecule has 1 aliphatic heterocycles. The Bertz CT molecular complexity index is 698. The molecule has 2 aromatic rings. The van der Waals surface area contributed by atoms with Crippen molar-refractivity contribution in [3.8, 4) is 10.8 Å². The van der Waals surface area contributed by atoms with Gasteiger partial charge in [0.05, 0.1) is 17.9 Å². The molecular weight excluding hydrogens is 330 g/mol. The van der Waals surface area contributed by atoms with Crippen molar-refractivity contribution in [2.24, 2.45) is 0 Å². The molecule has 1 saturated heterocycles. The van der Waals surface area contributed by atoms with Crippen LogP contribution in [-0.4, -0.2) is 40.1 Å². The number of carbonyl (C=O) groups is 2. The SMILES string of the molecule is CCOC(=O)CCC(=O)N1CCCC1c1nnc(-c2cccs2)o1. The molecule has 2 aromatic heterocycles. The zero-order valence-corrected chi connectivity index (χ0v) is 14.3. The second-order valence-corrected chi connectivity index (χ2v) is 6.42. The van der Waals surface area contributed by atoms with Crippen molar-refractivity contribution < 1.29 is 18.7 Å². The van der Waals surface area contributed by atoms with E-state index in [2.05, 4.69) is 10.2 Å². The lowest BCUT2D eigenvalue weighted by Gasteiger charge is -2.21. The summed E-state index contributed by atoms with van der Waals surface area (Å²) in [4.78, 5) is 26.5. The highest BCUT2D eigenvalue weighted by Gasteiger charge is 2.34. The highest BCUT2D eigenvalue weighted by atomic mass is 32.1. The first-order valence-corrected chi connectivity index (χ1v) is 8.89. The van der Waals surface area contributed by atoms with Crippen molar-refractivity contribution in [3.05, 3.63) is 23.4 Å². The number of esters is 1. The molecule has 128 valence electrons. The molecule has 0 saturated carbocycles. The Balaban J connectivity index is 1.65. The molecule has 7 nitrogen and oxygen atoms in total. The Hall–Kier alpha value is -2.22. The van der Waals surface area contributed by atoms with Crippen LogP contribution in [0.5, 0.6) is 0 Å². The first-order valence-electron chi connectivity index (χ1n) is 8.01. The third-order valence-electron chi connectivity index (χ3n) is 3.88. The van der Waals surface area contributed by atoms with E-state index in [1.807, 2.05) is 17.5 Å². The van der Waals surface area contributed by atoms with Gasteiger partial charge in [0.25, 0.3) is 5.89 Å². The summed E-state index contributed by atoms with van der Waals surface area (Å²) in [6, 6.07) is 3.63. The molecule has 1 atom stereocenters. The summed E-state index contributed by atoms with van der Waals surface area (Å²) in [6.07, 6.45) is 1.91. The Morgan fingerprint density at radius 1 is 1.42 bits per heavy atom. The van der Waals surface area contributed by atoms with Gasteiger partial charge >= 0.3 is 5.97 Å². The Kier molecular flexibility index (Phi) is 5.24. The normalized spacial score (nSPS) is 17.2. The minimum Gasteiger partial charge on any atom is -0.466 e. The van der Waals surface area contributed by atoms with Crippen molar-refractivity contribution in [3.63, 3.8) is 0 Å². The largest absolute Gasteiger partial charge is 0.466 e. The molecule has 0 aliphatic carbocycles. The summed E-state index contributed by atoms with van der Waals surface area (Å²) < 4.78 is 10.6. The number of aromatic nitrogens is 2. The summed E-state index contributed by atoms with van der Waals surface area (Å²) in [5, 5.41) is 10.1. The molecule has 0 aromatic carbocycles. The summed E-state index contributed by atoms with van der Waals surface area (Å²) >= 11 is 1.53. The molecule has 0 spiro atoms. The summed E-state index contributed by atoms with van der Waals surface area (Å²) in [5.41, 5.74) is 0. The van der Waals surface area contributed by atoms with Crippen molar-refractivity contribution in [2.75, 3.05) is 13.2 Å². The molecule has 1 aliphatic rings. The van der Waals surface area contributed by atoms with Gasteiger partial charge in [-0.2, -0.15) is 0 Å². The Morgan fingerprint density at radius 2 is 2.29 bits per heavy atom. The Morgan fingerprint density at radius 3 is 3.04 bits per heavy atom. The van der Waals surface area contributed by atoms with E-state index in [1.54, 1.807) is 11.8 Å². The molecule has 1 unspecified atom stereocenters. The number of nitrogens with zero attached hydrogens (tertiary/aromatic N) is 3. The van der Waals surface area contributed by atoms with Gasteiger partial charge < -0.3 is 14.1 Å². The van der Waals surface area contributed by atoms with E-state index < -0.39 is 0 Å². The highest BCUT2D eigenvalue weighted by molar-refractivity contribution is 7.13. The molecule has 3 heterocycles. The van der Waals surface area contributed by atoms with Crippen LogP contribution in [0, 0.1) is 0 Å². The second-order valence-electron chi connectivity index (χ2n) is 5.47. The number of ether oxygens (including phenoxy) is 1. The van der Waals surface area contributed by atoms with E-state index in [0.29, 0.717) is 24.9 Å². The van der Waals surface area contributed by atoms with Crippen molar-refractivity contribution in [2.45, 2.75) is 38.6 Å². The van der Waals surface area contributed by atoms with Gasteiger partial charge in [0.15, 0.2) is 0 Å². The third-order valence-corrected chi connectivity index (χ3v) is 4.74. The average molecular weight is 349 g/mol. The van der Waals surface area contributed by atoms with Crippen molar-refractivity contribution in [1.29, 1.82) is 0 Å². The standard InChI is InChI=1S/C16H19N3O4S/c1-2-22-14(21)8-7-13(20)19-9-3-5-11(19)15-17-18-16(23-15)12-6-4-10-24-12/h4,6,10-11H,2-3,5,7-9H2,1H3. The molecule has 0 N–H and O–H groups in total. The maximum absolute atomic E-state index is 12.4. The topological polar surface area (TPSA) is 85.5 Å². The smallest absolute Gasteiger partial charge is 0.306 e. The van der Waals surface area contributed by atoms with Crippen LogP contribution in [0.15, 0.2) is 21.9 Å². The minimum atomic E-state index is -0.348. The Labute approximate surface area is 143 Å². The molecule has 0 radical (unpaired) electrons. The highest BCUT2D eigenvalue weighted by Crippen LogP contribution is 2.33. The first kappa shape index (κ1) is 16.6. The molecular formula is C16H19N3O4S. The van der Waals surface area contributed by atoms with Gasteiger partial charge in [-0.1, -0.05) is 6.07 Å². The summed E-state index contributed by atoms with van der Waals surface area (Å²) in [7, 11) is 0. The predicted octanol–water partition coefficient (Wildman–Crippen LogP) is 2.80. The van der Waals surface area contributed by atoms with Crippen molar-refractivity contribution in [1.82, 2.24) is 15.1 Å². The van der Waals surface area contributed by atoms with E-state index in [1.165, 1.54) is 11.3 Å². The van der Waals surface area contributed by atoms with Crippen LogP contribution in [0.2, 0.25) is 0 Å². The quantitative estimate of drug-likeness (QED) is 0.746. The summed E-state index contributed by atoms with van der Waals surface area (Å²) in [5.74, 6) is 0.506. The van der Waals surface area contributed by atoms with Crippen LogP contribution < -0.4 is 0 Å². The van der Waals surface area contributed by atoms with Crippen LogP contribution in [0.25, 0.3) is 10.8 Å². The molecule has 24 heavy (non-hydrogen) atoms. The minimum absolute atomic E-state index is 0.0820. The molecule has 3 rings (SSSR count). The van der Waals surface area contributed by atoms with Gasteiger partial charge in [-0.05, 0) is 31.2 Å². The fourth-order valence-electron chi connectivity index (χ4n) is 2.78. The fourth-order valence-corrected chi connectivity index (χ4v) is 3.42. The van der Waals surface area contributed by atoms with Crippen LogP contribution in [-0.2, 0) is 14.3 Å². The van der Waals surface area contributed by atoms with Gasteiger partial charge in [0, 0.05) is 13.0 Å². The monoisotopic (exact) mass is 349 g/mol. The molecule has 0 bridgehead atoms. The van der Waals surface area contributed by atoms with E-state index in [9.17, 15) is 9.59 Å². The van der Waals surface area contributed by atoms with Gasteiger partial charge in [0.2, 0.25) is 11.8 Å². The zero-order chi connectivity index (χ0) is 16.9. The number of carbonyl (C=O) groups excluding carboxylic acids is 2. The number of rotatable bonds is 6.